The van der Waals surface area contributed by atoms with Gasteiger partial charge in [0.1, 0.15) is 11.5 Å². The van der Waals surface area contributed by atoms with E-state index in [2.05, 4.69) is 29.7 Å². The maximum atomic E-state index is 5.77. The summed E-state index contributed by atoms with van der Waals surface area (Å²) >= 11 is 0. The molecular weight excluding hydrogens is 236 g/mol. The Morgan fingerprint density at radius 3 is 2.68 bits per heavy atom. The van der Waals surface area contributed by atoms with Gasteiger partial charge >= 0.3 is 0 Å². The summed E-state index contributed by atoms with van der Waals surface area (Å²) in [6.45, 7) is 11.3. The molecule has 0 saturated carbocycles. The normalized spacial score (nSPS) is 26.6. The van der Waals surface area contributed by atoms with Crippen molar-refractivity contribution in [2.75, 3.05) is 19.6 Å². The lowest BCUT2D eigenvalue weighted by atomic mass is 9.97. The van der Waals surface area contributed by atoms with Crippen molar-refractivity contribution in [2.24, 2.45) is 0 Å². The molecule has 1 aromatic heterocycles. The van der Waals surface area contributed by atoms with Gasteiger partial charge in [0.2, 0.25) is 0 Å². The van der Waals surface area contributed by atoms with Crippen LogP contribution in [0, 0.1) is 13.8 Å². The maximum absolute atomic E-state index is 5.77. The van der Waals surface area contributed by atoms with Gasteiger partial charge < -0.3 is 4.42 Å². The van der Waals surface area contributed by atoms with Crippen LogP contribution in [0.5, 0.6) is 0 Å². The Bertz CT molecular complexity index is 414. The molecule has 1 atom stereocenters. The summed E-state index contributed by atoms with van der Waals surface area (Å²) < 4.78 is 5.77. The van der Waals surface area contributed by atoms with Gasteiger partial charge in [0.25, 0.3) is 0 Å². The third kappa shape index (κ3) is 2.72. The van der Waals surface area contributed by atoms with Crippen molar-refractivity contribution in [3.8, 4) is 0 Å². The van der Waals surface area contributed by atoms with Crippen molar-refractivity contribution in [1.82, 2.24) is 9.80 Å². The predicted octanol–water partition coefficient (Wildman–Crippen LogP) is 2.96. The smallest absolute Gasteiger partial charge is 0.118 e. The number of hydrogen-bond acceptors (Lipinski definition) is 3. The molecule has 0 unspecified atom stereocenters. The van der Waals surface area contributed by atoms with Crippen molar-refractivity contribution >= 4 is 0 Å². The summed E-state index contributed by atoms with van der Waals surface area (Å²) in [6.07, 6.45) is 4.18. The molecule has 2 aliphatic rings. The first-order chi connectivity index (χ1) is 9.13. The van der Waals surface area contributed by atoms with Crippen molar-refractivity contribution < 1.29 is 4.42 Å². The molecule has 19 heavy (non-hydrogen) atoms. The van der Waals surface area contributed by atoms with Crippen molar-refractivity contribution in [2.45, 2.75) is 58.7 Å². The molecule has 0 radical (unpaired) electrons. The molecule has 2 saturated heterocycles. The molecule has 0 aliphatic carbocycles. The molecule has 2 aliphatic heterocycles. The molecule has 0 aromatic carbocycles. The number of furan rings is 1. The number of rotatable bonds is 3. The monoisotopic (exact) mass is 262 g/mol. The number of hydrogen-bond donors (Lipinski definition) is 0. The molecule has 0 amide bonds. The third-order valence-corrected chi connectivity index (χ3v) is 4.86. The quantitative estimate of drug-likeness (QED) is 0.835. The highest BCUT2D eigenvalue weighted by Crippen LogP contribution is 2.26. The first kappa shape index (κ1) is 13.2. The summed E-state index contributed by atoms with van der Waals surface area (Å²) in [5, 5.41) is 0. The van der Waals surface area contributed by atoms with Crippen LogP contribution in [0.1, 0.15) is 43.3 Å². The van der Waals surface area contributed by atoms with Gasteiger partial charge in [-0.2, -0.15) is 0 Å². The largest absolute Gasteiger partial charge is 0.465 e. The van der Waals surface area contributed by atoms with Gasteiger partial charge in [0.15, 0.2) is 0 Å². The summed E-state index contributed by atoms with van der Waals surface area (Å²) in [7, 11) is 0. The summed E-state index contributed by atoms with van der Waals surface area (Å²) in [5.74, 6) is 2.19. The number of nitrogens with zero attached hydrogens (tertiary/aromatic N) is 2. The Balaban J connectivity index is 1.49. The van der Waals surface area contributed by atoms with E-state index in [-0.39, 0.29) is 0 Å². The van der Waals surface area contributed by atoms with Gasteiger partial charge in [-0.15, -0.1) is 0 Å². The van der Waals surface area contributed by atoms with Crippen LogP contribution in [0.15, 0.2) is 10.5 Å². The van der Waals surface area contributed by atoms with Crippen LogP contribution < -0.4 is 0 Å². The minimum atomic E-state index is 0.785. The van der Waals surface area contributed by atoms with E-state index in [1.807, 2.05) is 6.92 Å². The van der Waals surface area contributed by atoms with Crippen molar-refractivity contribution in [3.05, 3.63) is 23.2 Å². The number of aryl methyl sites for hydroxylation is 2. The Kier molecular flexibility index (Phi) is 3.68. The SMILES string of the molecule is Cc1cc(CN2CC(N3CCCC[C@@H]3C)C2)oc1C. The van der Waals surface area contributed by atoms with Crippen LogP contribution in [0.25, 0.3) is 0 Å². The van der Waals surface area contributed by atoms with Gasteiger partial charge in [-0.05, 0) is 51.8 Å². The standard InChI is InChI=1S/C16H26N2O/c1-12-8-16(19-14(12)3)11-17-9-15(10-17)18-7-5-4-6-13(18)2/h8,13,15H,4-7,9-11H2,1-3H3/t13-/m0/s1. The van der Waals surface area contributed by atoms with E-state index in [4.69, 9.17) is 4.42 Å². The Labute approximate surface area is 116 Å². The van der Waals surface area contributed by atoms with Crippen LogP contribution in [-0.4, -0.2) is 41.5 Å². The molecule has 0 N–H and O–H groups in total. The highest BCUT2D eigenvalue weighted by atomic mass is 16.3. The van der Waals surface area contributed by atoms with Crippen molar-refractivity contribution in [1.29, 1.82) is 0 Å². The fourth-order valence-corrected chi connectivity index (χ4v) is 3.49. The lowest BCUT2D eigenvalue weighted by Crippen LogP contribution is -2.61. The Morgan fingerprint density at radius 2 is 2.05 bits per heavy atom. The first-order valence-electron chi connectivity index (χ1n) is 7.67. The Morgan fingerprint density at radius 1 is 1.26 bits per heavy atom. The van der Waals surface area contributed by atoms with Crippen molar-refractivity contribution in [3.63, 3.8) is 0 Å². The molecule has 0 spiro atoms. The molecule has 0 bridgehead atoms. The number of piperidine rings is 1. The fourth-order valence-electron chi connectivity index (χ4n) is 3.49. The summed E-state index contributed by atoms with van der Waals surface area (Å²) in [6, 6.07) is 3.76. The molecule has 1 aromatic rings. The highest BCUT2D eigenvalue weighted by Gasteiger charge is 2.35. The maximum Gasteiger partial charge on any atom is 0.118 e. The molecule has 106 valence electrons. The van der Waals surface area contributed by atoms with E-state index < -0.39 is 0 Å². The van der Waals surface area contributed by atoms with Crippen LogP contribution in [0.2, 0.25) is 0 Å². The van der Waals surface area contributed by atoms with Gasteiger partial charge in [0.05, 0.1) is 6.54 Å². The molecule has 3 heterocycles. The van der Waals surface area contributed by atoms with E-state index in [1.54, 1.807) is 0 Å². The molecule has 2 fully saturated rings. The summed E-state index contributed by atoms with van der Waals surface area (Å²) in [5.41, 5.74) is 1.27. The minimum Gasteiger partial charge on any atom is -0.465 e. The lowest BCUT2D eigenvalue weighted by molar-refractivity contribution is -0.00899. The van der Waals surface area contributed by atoms with E-state index in [0.29, 0.717) is 0 Å². The zero-order valence-corrected chi connectivity index (χ0v) is 12.5. The molecular formula is C16H26N2O. The second-order valence-corrected chi connectivity index (χ2v) is 6.38. The van der Waals surface area contributed by atoms with Gasteiger partial charge in [0, 0.05) is 25.2 Å². The molecule has 3 rings (SSSR count). The van der Waals surface area contributed by atoms with Crippen LogP contribution in [0.3, 0.4) is 0 Å². The fraction of sp³-hybridized carbons (Fsp3) is 0.750. The highest BCUT2D eigenvalue weighted by molar-refractivity contribution is 5.18. The Hall–Kier alpha value is -0.800. The van der Waals surface area contributed by atoms with Crippen LogP contribution >= 0.6 is 0 Å². The topological polar surface area (TPSA) is 19.6 Å². The van der Waals surface area contributed by atoms with Gasteiger partial charge in [-0.1, -0.05) is 6.42 Å². The predicted molar refractivity (Wildman–Crippen MR) is 77.3 cm³/mol. The van der Waals surface area contributed by atoms with Crippen LogP contribution in [-0.2, 0) is 6.54 Å². The van der Waals surface area contributed by atoms with E-state index >= 15 is 0 Å². The second kappa shape index (κ2) is 5.29. The molecule has 3 nitrogen and oxygen atoms in total. The lowest BCUT2D eigenvalue weighted by Gasteiger charge is -2.49. The number of likely N-dealkylation sites (tertiary alicyclic amines) is 2. The van der Waals surface area contributed by atoms with Gasteiger partial charge in [-0.3, -0.25) is 9.80 Å². The second-order valence-electron chi connectivity index (χ2n) is 6.38. The van der Waals surface area contributed by atoms with E-state index in [0.717, 1.165) is 30.1 Å². The van der Waals surface area contributed by atoms with E-state index in [9.17, 15) is 0 Å². The minimum absolute atomic E-state index is 0.785. The molecule has 3 heteroatoms. The van der Waals surface area contributed by atoms with Crippen LogP contribution in [0.4, 0.5) is 0 Å². The zero-order valence-electron chi connectivity index (χ0n) is 12.5. The summed E-state index contributed by atoms with van der Waals surface area (Å²) in [4.78, 5) is 5.22. The first-order valence-corrected chi connectivity index (χ1v) is 7.67. The zero-order chi connectivity index (χ0) is 13.4. The average molecular weight is 262 g/mol. The van der Waals surface area contributed by atoms with Gasteiger partial charge in [-0.25, -0.2) is 0 Å². The average Bonchev–Trinajstić information content (AvgIpc) is 2.64. The third-order valence-electron chi connectivity index (χ3n) is 4.86. The van der Waals surface area contributed by atoms with E-state index in [1.165, 1.54) is 44.5 Å².